The normalized spacial score (nSPS) is 10.6. The summed E-state index contributed by atoms with van der Waals surface area (Å²) in [5.74, 6) is -0.382. The minimum atomic E-state index is -0.382. The van der Waals surface area contributed by atoms with Gasteiger partial charge in [-0.1, -0.05) is 60.1 Å². The number of amides is 1. The summed E-state index contributed by atoms with van der Waals surface area (Å²) in [4.78, 5) is 27.6. The zero-order valence-electron chi connectivity index (χ0n) is 16.4. The van der Waals surface area contributed by atoms with Crippen LogP contribution in [0.15, 0.2) is 83.8 Å². The third-order valence-electron chi connectivity index (χ3n) is 4.90. The van der Waals surface area contributed by atoms with E-state index in [0.29, 0.717) is 27.0 Å². The fourth-order valence-electron chi connectivity index (χ4n) is 3.35. The lowest BCUT2D eigenvalue weighted by Gasteiger charge is -2.24. The highest BCUT2D eigenvalue weighted by molar-refractivity contribution is 6.31. The number of carbonyl (C=O) groups is 1. The molecule has 31 heavy (non-hydrogen) atoms. The molecule has 0 aliphatic heterocycles. The van der Waals surface area contributed by atoms with E-state index in [1.165, 1.54) is 4.90 Å². The van der Waals surface area contributed by atoms with Gasteiger partial charge in [0.1, 0.15) is 12.6 Å². The van der Waals surface area contributed by atoms with Gasteiger partial charge in [-0.3, -0.25) is 9.59 Å². The SMILES string of the molecule is N#Cc1ccc(Cl)cc1N(Cc1ccccc1)C(=O)Cn1ncc2ccccc2c1=O. The summed E-state index contributed by atoms with van der Waals surface area (Å²) in [5, 5.41) is 15.3. The van der Waals surface area contributed by atoms with Gasteiger partial charge < -0.3 is 4.90 Å². The van der Waals surface area contributed by atoms with Gasteiger partial charge in [0.05, 0.1) is 29.4 Å². The van der Waals surface area contributed by atoms with E-state index in [1.54, 1.807) is 42.6 Å². The molecular weight excluding hydrogens is 412 g/mol. The molecule has 0 fully saturated rings. The van der Waals surface area contributed by atoms with E-state index in [1.807, 2.05) is 36.4 Å². The molecule has 0 aliphatic rings. The molecule has 0 saturated heterocycles. The number of benzene rings is 3. The Hall–Kier alpha value is -3.95. The van der Waals surface area contributed by atoms with Crippen molar-refractivity contribution in [2.45, 2.75) is 13.1 Å². The zero-order valence-corrected chi connectivity index (χ0v) is 17.2. The van der Waals surface area contributed by atoms with Gasteiger partial charge in [0.15, 0.2) is 0 Å². The Bertz CT molecular complexity index is 1360. The van der Waals surface area contributed by atoms with Crippen molar-refractivity contribution < 1.29 is 4.79 Å². The maximum Gasteiger partial charge on any atom is 0.275 e. The minimum absolute atomic E-state index is 0.219. The summed E-state index contributed by atoms with van der Waals surface area (Å²) < 4.78 is 1.14. The largest absolute Gasteiger partial charge is 0.305 e. The van der Waals surface area contributed by atoms with Crippen LogP contribution in [0.3, 0.4) is 0 Å². The second-order valence-corrected chi connectivity index (χ2v) is 7.37. The first-order valence-corrected chi connectivity index (χ1v) is 9.93. The number of nitriles is 1. The van der Waals surface area contributed by atoms with Crippen LogP contribution in [0, 0.1) is 11.3 Å². The number of carbonyl (C=O) groups excluding carboxylic acids is 1. The van der Waals surface area contributed by atoms with Crippen molar-refractivity contribution in [3.05, 3.63) is 105 Å². The summed E-state index contributed by atoms with van der Waals surface area (Å²) in [6, 6.07) is 23.3. The maximum absolute atomic E-state index is 13.4. The van der Waals surface area contributed by atoms with E-state index in [-0.39, 0.29) is 24.6 Å². The molecule has 0 atom stereocenters. The second-order valence-electron chi connectivity index (χ2n) is 6.93. The maximum atomic E-state index is 13.4. The molecule has 1 amide bonds. The molecule has 0 bridgehead atoms. The third-order valence-corrected chi connectivity index (χ3v) is 5.14. The van der Waals surface area contributed by atoms with Gasteiger partial charge in [-0.05, 0) is 29.8 Å². The molecule has 0 unspecified atom stereocenters. The minimum Gasteiger partial charge on any atom is -0.305 e. The van der Waals surface area contributed by atoms with Crippen LogP contribution in [-0.4, -0.2) is 15.7 Å². The summed E-state index contributed by atoms with van der Waals surface area (Å²) >= 11 is 6.16. The van der Waals surface area contributed by atoms with Crippen molar-refractivity contribution in [3.8, 4) is 6.07 Å². The van der Waals surface area contributed by atoms with Crippen LogP contribution >= 0.6 is 11.6 Å². The monoisotopic (exact) mass is 428 g/mol. The molecule has 1 heterocycles. The van der Waals surface area contributed by atoms with Gasteiger partial charge in [0.2, 0.25) is 5.91 Å². The highest BCUT2D eigenvalue weighted by Gasteiger charge is 2.21. The standard InChI is InChI=1S/C24H17ClN4O2/c25-20-11-10-18(13-26)22(12-20)28(15-17-6-2-1-3-7-17)23(30)16-29-24(31)21-9-5-4-8-19(21)14-27-29/h1-12,14H,15-16H2. The van der Waals surface area contributed by atoms with Gasteiger partial charge in [-0.25, -0.2) is 4.68 Å². The average molecular weight is 429 g/mol. The topological polar surface area (TPSA) is 79.0 Å². The number of hydrogen-bond acceptors (Lipinski definition) is 4. The summed E-state index contributed by atoms with van der Waals surface area (Å²) in [6.07, 6.45) is 1.56. The van der Waals surface area contributed by atoms with E-state index in [4.69, 9.17) is 11.6 Å². The van der Waals surface area contributed by atoms with Crippen LogP contribution in [0.1, 0.15) is 11.1 Å². The highest BCUT2D eigenvalue weighted by atomic mass is 35.5. The Morgan fingerprint density at radius 2 is 1.81 bits per heavy atom. The number of halogens is 1. The molecular formula is C24H17ClN4O2. The first kappa shape index (κ1) is 20.3. The fraction of sp³-hybridized carbons (Fsp3) is 0.0833. The van der Waals surface area contributed by atoms with E-state index < -0.39 is 0 Å². The molecule has 4 rings (SSSR count). The van der Waals surface area contributed by atoms with Crippen LogP contribution in [0.25, 0.3) is 10.8 Å². The molecule has 0 aliphatic carbocycles. The molecule has 4 aromatic rings. The number of rotatable bonds is 5. The lowest BCUT2D eigenvalue weighted by Crippen LogP contribution is -2.37. The Morgan fingerprint density at radius 3 is 2.58 bits per heavy atom. The van der Waals surface area contributed by atoms with Crippen molar-refractivity contribution >= 4 is 34.0 Å². The van der Waals surface area contributed by atoms with Crippen LogP contribution in [0.2, 0.25) is 5.02 Å². The predicted octanol–water partition coefficient (Wildman–Crippen LogP) is 4.15. The lowest BCUT2D eigenvalue weighted by atomic mass is 10.1. The number of fused-ring (bicyclic) bond motifs is 1. The molecule has 152 valence electrons. The van der Waals surface area contributed by atoms with Crippen LogP contribution < -0.4 is 10.5 Å². The van der Waals surface area contributed by atoms with Crippen LogP contribution in [-0.2, 0) is 17.9 Å². The van der Waals surface area contributed by atoms with E-state index in [0.717, 1.165) is 10.2 Å². The molecule has 0 spiro atoms. The Morgan fingerprint density at radius 1 is 1.06 bits per heavy atom. The van der Waals surface area contributed by atoms with E-state index >= 15 is 0 Å². The highest BCUT2D eigenvalue weighted by Crippen LogP contribution is 2.26. The van der Waals surface area contributed by atoms with Crippen molar-refractivity contribution in [1.29, 1.82) is 5.26 Å². The number of aromatic nitrogens is 2. The predicted molar refractivity (Wildman–Crippen MR) is 120 cm³/mol. The van der Waals surface area contributed by atoms with Gasteiger partial charge in [0.25, 0.3) is 5.56 Å². The third kappa shape index (κ3) is 4.32. The van der Waals surface area contributed by atoms with E-state index in [2.05, 4.69) is 11.2 Å². The van der Waals surface area contributed by atoms with Gasteiger partial charge in [-0.15, -0.1) is 0 Å². The van der Waals surface area contributed by atoms with Gasteiger partial charge >= 0.3 is 0 Å². The number of anilines is 1. The smallest absolute Gasteiger partial charge is 0.275 e. The first-order chi connectivity index (χ1) is 15.1. The molecule has 3 aromatic carbocycles. The van der Waals surface area contributed by atoms with Crippen LogP contribution in [0.5, 0.6) is 0 Å². The molecule has 7 heteroatoms. The molecule has 1 aromatic heterocycles. The Kier molecular flexibility index (Phi) is 5.78. The Balaban J connectivity index is 1.74. The number of hydrogen-bond donors (Lipinski definition) is 0. The Labute approximate surface area is 183 Å². The molecule has 0 radical (unpaired) electrons. The van der Waals surface area contributed by atoms with Crippen LogP contribution in [0.4, 0.5) is 5.69 Å². The molecule has 0 N–H and O–H groups in total. The van der Waals surface area contributed by atoms with Gasteiger partial charge in [-0.2, -0.15) is 10.4 Å². The second kappa shape index (κ2) is 8.82. The summed E-state index contributed by atoms with van der Waals surface area (Å²) in [5.41, 5.74) is 1.22. The zero-order chi connectivity index (χ0) is 21.8. The van der Waals surface area contributed by atoms with Crippen molar-refractivity contribution in [3.63, 3.8) is 0 Å². The first-order valence-electron chi connectivity index (χ1n) is 9.55. The lowest BCUT2D eigenvalue weighted by molar-refractivity contribution is -0.119. The van der Waals surface area contributed by atoms with Crippen molar-refractivity contribution in [1.82, 2.24) is 9.78 Å². The van der Waals surface area contributed by atoms with E-state index in [9.17, 15) is 14.9 Å². The van der Waals surface area contributed by atoms with Crippen molar-refractivity contribution in [2.24, 2.45) is 0 Å². The molecule has 6 nitrogen and oxygen atoms in total. The summed E-state index contributed by atoms with van der Waals surface area (Å²) in [7, 11) is 0. The summed E-state index contributed by atoms with van der Waals surface area (Å²) in [6.45, 7) is -0.0507. The fourth-order valence-corrected chi connectivity index (χ4v) is 3.52. The van der Waals surface area contributed by atoms with Crippen molar-refractivity contribution in [2.75, 3.05) is 4.90 Å². The van der Waals surface area contributed by atoms with Gasteiger partial charge in [0, 0.05) is 10.4 Å². The quantitative estimate of drug-likeness (QED) is 0.478. The molecule has 0 saturated carbocycles. The number of nitrogens with zero attached hydrogens (tertiary/aromatic N) is 4. The average Bonchev–Trinajstić information content (AvgIpc) is 2.80.